The maximum atomic E-state index is 12.9. The van der Waals surface area contributed by atoms with Gasteiger partial charge in [0.25, 0.3) is 0 Å². The molecular weight excluding hydrogens is 225 g/mol. The highest BCUT2D eigenvalue weighted by Gasteiger charge is 2.21. The average molecular weight is 243 g/mol. The van der Waals surface area contributed by atoms with Crippen molar-refractivity contribution in [3.63, 3.8) is 0 Å². The van der Waals surface area contributed by atoms with Gasteiger partial charge in [-0.3, -0.25) is 0 Å². The van der Waals surface area contributed by atoms with Crippen LogP contribution in [0.1, 0.15) is 23.6 Å². The molecule has 2 aromatic carbocycles. The molecular formula is C16H18FN. The van der Waals surface area contributed by atoms with Crippen molar-refractivity contribution in [3.8, 4) is 0 Å². The van der Waals surface area contributed by atoms with E-state index < -0.39 is 5.54 Å². The standard InChI is InChI=1S/C16H18FN/c1-12-4-3-5-13(10-12)11-16(2,18)14-6-8-15(17)9-7-14/h3-10H,11,18H2,1-2H3. The first kappa shape index (κ1) is 12.8. The van der Waals surface area contributed by atoms with Gasteiger partial charge in [-0.25, -0.2) is 4.39 Å². The molecule has 0 heterocycles. The van der Waals surface area contributed by atoms with Crippen molar-refractivity contribution in [1.29, 1.82) is 0 Å². The highest BCUT2D eigenvalue weighted by molar-refractivity contribution is 5.29. The largest absolute Gasteiger partial charge is 0.321 e. The molecule has 2 heteroatoms. The fourth-order valence-corrected chi connectivity index (χ4v) is 2.18. The Morgan fingerprint density at radius 1 is 1.11 bits per heavy atom. The van der Waals surface area contributed by atoms with Crippen molar-refractivity contribution < 1.29 is 4.39 Å². The molecule has 1 nitrogen and oxygen atoms in total. The van der Waals surface area contributed by atoms with Gasteiger partial charge in [0.15, 0.2) is 0 Å². The lowest BCUT2D eigenvalue weighted by molar-refractivity contribution is 0.490. The minimum absolute atomic E-state index is 0.231. The van der Waals surface area contributed by atoms with Crippen molar-refractivity contribution in [2.45, 2.75) is 25.8 Å². The van der Waals surface area contributed by atoms with Crippen LogP contribution in [0.25, 0.3) is 0 Å². The zero-order chi connectivity index (χ0) is 13.2. The highest BCUT2D eigenvalue weighted by atomic mass is 19.1. The number of rotatable bonds is 3. The topological polar surface area (TPSA) is 26.0 Å². The van der Waals surface area contributed by atoms with Crippen LogP contribution in [-0.2, 0) is 12.0 Å². The van der Waals surface area contributed by atoms with Crippen LogP contribution in [-0.4, -0.2) is 0 Å². The van der Waals surface area contributed by atoms with E-state index in [0.29, 0.717) is 0 Å². The Hall–Kier alpha value is -1.67. The Bertz CT molecular complexity index is 529. The van der Waals surface area contributed by atoms with E-state index in [4.69, 9.17) is 5.73 Å². The monoisotopic (exact) mass is 243 g/mol. The molecule has 2 N–H and O–H groups in total. The van der Waals surface area contributed by atoms with E-state index in [-0.39, 0.29) is 5.82 Å². The Morgan fingerprint density at radius 3 is 2.39 bits per heavy atom. The van der Waals surface area contributed by atoms with Crippen LogP contribution in [0.3, 0.4) is 0 Å². The number of hydrogen-bond acceptors (Lipinski definition) is 1. The normalized spacial score (nSPS) is 14.2. The van der Waals surface area contributed by atoms with E-state index in [2.05, 4.69) is 25.1 Å². The molecule has 0 aliphatic heterocycles. The predicted molar refractivity (Wildman–Crippen MR) is 72.8 cm³/mol. The lowest BCUT2D eigenvalue weighted by Gasteiger charge is -2.25. The molecule has 0 amide bonds. The van der Waals surface area contributed by atoms with E-state index in [0.717, 1.165) is 12.0 Å². The molecule has 94 valence electrons. The number of nitrogens with two attached hydrogens (primary N) is 1. The molecule has 0 radical (unpaired) electrons. The van der Waals surface area contributed by atoms with Gasteiger partial charge in [0.05, 0.1) is 0 Å². The molecule has 1 atom stereocenters. The maximum absolute atomic E-state index is 12.9. The molecule has 0 bridgehead atoms. The third-order valence-electron chi connectivity index (χ3n) is 3.16. The van der Waals surface area contributed by atoms with E-state index in [9.17, 15) is 4.39 Å². The zero-order valence-corrected chi connectivity index (χ0v) is 10.8. The maximum Gasteiger partial charge on any atom is 0.123 e. The minimum atomic E-state index is -0.485. The van der Waals surface area contributed by atoms with Crippen molar-refractivity contribution in [2.75, 3.05) is 0 Å². The van der Waals surface area contributed by atoms with E-state index in [1.165, 1.54) is 23.3 Å². The van der Waals surface area contributed by atoms with Gasteiger partial charge in [0.2, 0.25) is 0 Å². The Kier molecular flexibility index (Phi) is 3.48. The molecule has 2 aromatic rings. The van der Waals surface area contributed by atoms with Crippen LogP contribution < -0.4 is 5.73 Å². The molecule has 2 rings (SSSR count). The molecule has 0 spiro atoms. The number of aryl methyl sites for hydroxylation is 1. The summed E-state index contributed by atoms with van der Waals surface area (Å²) < 4.78 is 12.9. The van der Waals surface area contributed by atoms with Gasteiger partial charge >= 0.3 is 0 Å². The second kappa shape index (κ2) is 4.91. The summed E-state index contributed by atoms with van der Waals surface area (Å²) in [6.45, 7) is 4.04. The first-order chi connectivity index (χ1) is 8.47. The molecule has 18 heavy (non-hydrogen) atoms. The summed E-state index contributed by atoms with van der Waals surface area (Å²) in [6.07, 6.45) is 0.736. The first-order valence-electron chi connectivity index (χ1n) is 6.08. The van der Waals surface area contributed by atoms with Crippen LogP contribution in [0.5, 0.6) is 0 Å². The third-order valence-corrected chi connectivity index (χ3v) is 3.16. The smallest absolute Gasteiger partial charge is 0.123 e. The fourth-order valence-electron chi connectivity index (χ4n) is 2.18. The van der Waals surface area contributed by atoms with Crippen molar-refractivity contribution in [1.82, 2.24) is 0 Å². The van der Waals surface area contributed by atoms with Crippen LogP contribution in [0.4, 0.5) is 4.39 Å². The Balaban J connectivity index is 2.23. The number of hydrogen-bond donors (Lipinski definition) is 1. The van der Waals surface area contributed by atoms with E-state index in [1.54, 1.807) is 12.1 Å². The number of benzene rings is 2. The van der Waals surface area contributed by atoms with Crippen LogP contribution in [0, 0.1) is 12.7 Å². The van der Waals surface area contributed by atoms with Gasteiger partial charge in [0.1, 0.15) is 5.82 Å². The number of halogens is 1. The highest BCUT2D eigenvalue weighted by Crippen LogP contribution is 2.23. The summed E-state index contributed by atoms with van der Waals surface area (Å²) in [5.41, 5.74) is 9.24. The molecule has 0 saturated heterocycles. The fraction of sp³-hybridized carbons (Fsp3) is 0.250. The third kappa shape index (κ3) is 2.96. The second-order valence-corrected chi connectivity index (χ2v) is 5.09. The Morgan fingerprint density at radius 2 is 1.78 bits per heavy atom. The molecule has 0 aromatic heterocycles. The minimum Gasteiger partial charge on any atom is -0.321 e. The zero-order valence-electron chi connectivity index (χ0n) is 10.8. The molecule has 0 fully saturated rings. The van der Waals surface area contributed by atoms with Crippen LogP contribution in [0.2, 0.25) is 0 Å². The van der Waals surface area contributed by atoms with Gasteiger partial charge in [-0.1, -0.05) is 42.0 Å². The summed E-state index contributed by atoms with van der Waals surface area (Å²) in [5, 5.41) is 0. The summed E-state index contributed by atoms with van der Waals surface area (Å²) in [6, 6.07) is 14.7. The summed E-state index contributed by atoms with van der Waals surface area (Å²) in [4.78, 5) is 0. The van der Waals surface area contributed by atoms with Crippen LogP contribution in [0.15, 0.2) is 48.5 Å². The van der Waals surface area contributed by atoms with Gasteiger partial charge < -0.3 is 5.73 Å². The molecule has 0 aliphatic rings. The second-order valence-electron chi connectivity index (χ2n) is 5.09. The summed E-state index contributed by atoms with van der Waals surface area (Å²) in [5.74, 6) is -0.231. The van der Waals surface area contributed by atoms with Gasteiger partial charge in [-0.15, -0.1) is 0 Å². The first-order valence-corrected chi connectivity index (χ1v) is 6.08. The van der Waals surface area contributed by atoms with Crippen molar-refractivity contribution in [2.24, 2.45) is 5.73 Å². The molecule has 0 aliphatic carbocycles. The predicted octanol–water partition coefficient (Wildman–Crippen LogP) is 3.55. The average Bonchev–Trinajstić information content (AvgIpc) is 2.29. The Labute approximate surface area is 107 Å². The van der Waals surface area contributed by atoms with Crippen molar-refractivity contribution >= 4 is 0 Å². The SMILES string of the molecule is Cc1cccc(CC(C)(N)c2ccc(F)cc2)c1. The molecule has 0 saturated carbocycles. The van der Waals surface area contributed by atoms with E-state index >= 15 is 0 Å². The lowest BCUT2D eigenvalue weighted by atomic mass is 9.86. The quantitative estimate of drug-likeness (QED) is 0.876. The van der Waals surface area contributed by atoms with E-state index in [1.807, 2.05) is 13.0 Å². The van der Waals surface area contributed by atoms with Gasteiger partial charge in [-0.05, 0) is 43.5 Å². The molecule has 1 unspecified atom stereocenters. The van der Waals surface area contributed by atoms with Gasteiger partial charge in [-0.2, -0.15) is 0 Å². The van der Waals surface area contributed by atoms with Gasteiger partial charge in [0, 0.05) is 5.54 Å². The summed E-state index contributed by atoms with van der Waals surface area (Å²) in [7, 11) is 0. The lowest BCUT2D eigenvalue weighted by Crippen LogP contribution is -2.35. The van der Waals surface area contributed by atoms with Crippen molar-refractivity contribution in [3.05, 3.63) is 71.0 Å². The van der Waals surface area contributed by atoms with Crippen LogP contribution >= 0.6 is 0 Å². The summed E-state index contributed by atoms with van der Waals surface area (Å²) >= 11 is 0.